The quantitative estimate of drug-likeness (QED) is 0.474. The molecule has 0 aliphatic heterocycles. The van der Waals surface area contributed by atoms with Crippen LogP contribution < -0.4 is 8.86 Å². The molecule has 4 rings (SSSR count). The van der Waals surface area contributed by atoms with E-state index in [1.54, 1.807) is 0 Å². The number of anilines is 1. The molecule has 124 valence electrons. The molecule has 0 unspecified atom stereocenters. The lowest BCUT2D eigenvalue weighted by atomic mass is 10.1. The van der Waals surface area contributed by atoms with Gasteiger partial charge in [-0.05, 0) is 23.8 Å². The monoisotopic (exact) mass is 345 g/mol. The summed E-state index contributed by atoms with van der Waals surface area (Å²) in [4.78, 5) is 3.46. The molecular weight excluding hydrogens is 324 g/mol. The number of para-hydroxylation sites is 1. The Bertz CT molecular complexity index is 986. The maximum Gasteiger partial charge on any atom is 0.228 e. The lowest BCUT2D eigenvalue weighted by molar-refractivity contribution is -0.592. The van der Waals surface area contributed by atoms with Crippen LogP contribution in [0.1, 0.15) is 5.56 Å². The molecule has 0 radical (unpaired) electrons. The fraction of sp³-hybridized carbons (Fsp3) is 0.136. The number of fused-ring (bicyclic) bond motifs is 1. The van der Waals surface area contributed by atoms with Gasteiger partial charge in [0.15, 0.2) is 6.54 Å². The van der Waals surface area contributed by atoms with Gasteiger partial charge in [0.05, 0.1) is 5.39 Å². The summed E-state index contributed by atoms with van der Waals surface area (Å²) in [6.45, 7) is 0.905. The number of benzene rings is 3. The first-order valence-corrected chi connectivity index (χ1v) is 9.23. The maximum atomic E-state index is 2.39. The van der Waals surface area contributed by atoms with Crippen molar-refractivity contribution in [3.05, 3.63) is 84.4 Å². The molecule has 1 heterocycles. The molecular formula is C22H21N2S+. The first-order chi connectivity index (χ1) is 12.2. The summed E-state index contributed by atoms with van der Waals surface area (Å²) in [5, 5.41) is 1.32. The first-order valence-electron chi connectivity index (χ1n) is 8.46. The number of hydrogen-bond acceptors (Lipinski definition) is 2. The second kappa shape index (κ2) is 6.69. The number of hydrogen-bond donors (Lipinski definition) is 0. The standard InChI is InChI=1S/C22H21N2S/c1-23(2)19-14-12-18(13-15-19)22-20-10-6-7-11-21(20)24(25-22)16-17-8-4-3-5-9-17/h3-15H,16H2,1-2H3/q+1. The Labute approximate surface area is 152 Å². The summed E-state index contributed by atoms with van der Waals surface area (Å²) in [6, 6.07) is 28.2. The zero-order chi connectivity index (χ0) is 17.2. The van der Waals surface area contributed by atoms with E-state index in [2.05, 4.69) is 102 Å². The molecule has 1 aromatic heterocycles. The highest BCUT2D eigenvalue weighted by Gasteiger charge is 2.20. The van der Waals surface area contributed by atoms with Gasteiger partial charge in [-0.2, -0.15) is 0 Å². The van der Waals surface area contributed by atoms with Crippen LogP contribution in [0.15, 0.2) is 78.9 Å². The van der Waals surface area contributed by atoms with Crippen LogP contribution in [0.4, 0.5) is 5.69 Å². The van der Waals surface area contributed by atoms with Gasteiger partial charge in [0.1, 0.15) is 16.4 Å². The molecule has 0 atom stereocenters. The van der Waals surface area contributed by atoms with E-state index >= 15 is 0 Å². The fourth-order valence-electron chi connectivity index (χ4n) is 3.08. The van der Waals surface area contributed by atoms with Gasteiger partial charge in [-0.15, -0.1) is 3.96 Å². The fourth-order valence-corrected chi connectivity index (χ4v) is 4.28. The molecule has 0 aliphatic rings. The third-order valence-corrected chi connectivity index (χ3v) is 5.62. The highest BCUT2D eigenvalue weighted by Crippen LogP contribution is 2.32. The normalized spacial score (nSPS) is 11.0. The van der Waals surface area contributed by atoms with Gasteiger partial charge in [0, 0.05) is 31.4 Å². The molecule has 3 heteroatoms. The van der Waals surface area contributed by atoms with Gasteiger partial charge in [-0.3, -0.25) is 0 Å². The average Bonchev–Trinajstić information content (AvgIpc) is 3.01. The topological polar surface area (TPSA) is 7.12 Å². The molecule has 0 bridgehead atoms. The van der Waals surface area contributed by atoms with Crippen molar-refractivity contribution in [2.45, 2.75) is 6.54 Å². The molecule has 25 heavy (non-hydrogen) atoms. The Hall–Kier alpha value is -2.65. The molecule has 0 spiro atoms. The van der Waals surface area contributed by atoms with Crippen LogP contribution in [0.25, 0.3) is 21.3 Å². The van der Waals surface area contributed by atoms with Crippen molar-refractivity contribution in [2.24, 2.45) is 0 Å². The first kappa shape index (κ1) is 15.9. The predicted molar refractivity (Wildman–Crippen MR) is 107 cm³/mol. The highest BCUT2D eigenvalue weighted by atomic mass is 32.1. The van der Waals surface area contributed by atoms with Crippen molar-refractivity contribution in [3.63, 3.8) is 0 Å². The van der Waals surface area contributed by atoms with Crippen LogP contribution in [0.2, 0.25) is 0 Å². The predicted octanol–water partition coefficient (Wildman–Crippen LogP) is 4.97. The average molecular weight is 345 g/mol. The molecule has 3 aromatic carbocycles. The van der Waals surface area contributed by atoms with Crippen molar-refractivity contribution in [1.82, 2.24) is 0 Å². The van der Waals surface area contributed by atoms with E-state index < -0.39 is 0 Å². The molecule has 2 nitrogen and oxygen atoms in total. The summed E-state index contributed by atoms with van der Waals surface area (Å²) in [7, 11) is 4.15. The van der Waals surface area contributed by atoms with Crippen LogP contribution in [-0.4, -0.2) is 14.1 Å². The minimum atomic E-state index is 0.905. The van der Waals surface area contributed by atoms with E-state index in [1.807, 2.05) is 11.5 Å². The molecule has 0 aliphatic carbocycles. The Morgan fingerprint density at radius 1 is 0.800 bits per heavy atom. The van der Waals surface area contributed by atoms with Crippen LogP contribution in [0.5, 0.6) is 0 Å². The summed E-state index contributed by atoms with van der Waals surface area (Å²) in [5.74, 6) is 0. The van der Waals surface area contributed by atoms with Crippen molar-refractivity contribution in [2.75, 3.05) is 19.0 Å². The van der Waals surface area contributed by atoms with Gasteiger partial charge in [0.25, 0.3) is 0 Å². The summed E-state index contributed by atoms with van der Waals surface area (Å²) < 4.78 is 2.39. The van der Waals surface area contributed by atoms with Crippen molar-refractivity contribution < 1.29 is 3.96 Å². The minimum Gasteiger partial charge on any atom is -0.378 e. The zero-order valence-electron chi connectivity index (χ0n) is 14.5. The number of aromatic nitrogens is 1. The number of rotatable bonds is 4. The van der Waals surface area contributed by atoms with Crippen LogP contribution >= 0.6 is 11.5 Å². The molecule has 0 saturated carbocycles. The van der Waals surface area contributed by atoms with E-state index in [-0.39, 0.29) is 0 Å². The largest absolute Gasteiger partial charge is 0.378 e. The van der Waals surface area contributed by atoms with Crippen LogP contribution in [0.3, 0.4) is 0 Å². The number of nitrogens with zero attached hydrogens (tertiary/aromatic N) is 2. The molecule has 0 N–H and O–H groups in total. The maximum absolute atomic E-state index is 2.39. The third kappa shape index (κ3) is 3.15. The van der Waals surface area contributed by atoms with E-state index in [4.69, 9.17) is 0 Å². The van der Waals surface area contributed by atoms with Gasteiger partial charge < -0.3 is 4.90 Å². The van der Waals surface area contributed by atoms with Crippen LogP contribution in [0, 0.1) is 0 Å². The lowest BCUT2D eigenvalue weighted by Gasteiger charge is -2.12. The Balaban J connectivity index is 1.79. The minimum absolute atomic E-state index is 0.905. The summed E-state index contributed by atoms with van der Waals surface area (Å²) in [6.07, 6.45) is 0. The Kier molecular flexibility index (Phi) is 4.24. The second-order valence-corrected chi connectivity index (χ2v) is 7.43. The smallest absolute Gasteiger partial charge is 0.228 e. The van der Waals surface area contributed by atoms with E-state index in [0.717, 1.165) is 6.54 Å². The van der Waals surface area contributed by atoms with E-state index in [1.165, 1.54) is 32.6 Å². The van der Waals surface area contributed by atoms with Gasteiger partial charge in [-0.25, -0.2) is 0 Å². The molecule has 4 aromatic rings. The van der Waals surface area contributed by atoms with E-state index in [0.29, 0.717) is 0 Å². The highest BCUT2D eigenvalue weighted by molar-refractivity contribution is 7.07. The SMILES string of the molecule is CN(C)c1ccc(-c2s[n+](Cc3ccccc3)c3ccccc23)cc1. The van der Waals surface area contributed by atoms with Crippen LogP contribution in [-0.2, 0) is 6.54 Å². The van der Waals surface area contributed by atoms with Crippen molar-refractivity contribution in [1.29, 1.82) is 0 Å². The third-order valence-electron chi connectivity index (χ3n) is 4.43. The van der Waals surface area contributed by atoms with Crippen molar-refractivity contribution >= 4 is 28.1 Å². The summed E-state index contributed by atoms with van der Waals surface area (Å²) in [5.41, 5.74) is 5.12. The summed E-state index contributed by atoms with van der Waals surface area (Å²) >= 11 is 1.84. The molecule has 0 fully saturated rings. The zero-order valence-corrected chi connectivity index (χ0v) is 15.3. The van der Waals surface area contributed by atoms with Gasteiger partial charge >= 0.3 is 0 Å². The second-order valence-electron chi connectivity index (χ2n) is 6.40. The Morgan fingerprint density at radius 2 is 1.48 bits per heavy atom. The van der Waals surface area contributed by atoms with Gasteiger partial charge in [0.2, 0.25) is 5.52 Å². The molecule has 0 saturated heterocycles. The van der Waals surface area contributed by atoms with Crippen molar-refractivity contribution in [3.8, 4) is 10.4 Å². The van der Waals surface area contributed by atoms with E-state index in [9.17, 15) is 0 Å². The lowest BCUT2D eigenvalue weighted by Crippen LogP contribution is -2.29. The molecule has 0 amide bonds. The Morgan fingerprint density at radius 3 is 2.20 bits per heavy atom. The van der Waals surface area contributed by atoms with Gasteiger partial charge in [-0.1, -0.05) is 54.6 Å².